The maximum atomic E-state index is 13.3. The van der Waals surface area contributed by atoms with Gasteiger partial charge in [0.05, 0.1) is 17.7 Å². The van der Waals surface area contributed by atoms with Crippen molar-refractivity contribution in [2.75, 3.05) is 41.4 Å². The second-order valence-corrected chi connectivity index (χ2v) is 8.19. The van der Waals surface area contributed by atoms with Crippen molar-refractivity contribution < 1.29 is 14.3 Å². The Kier molecular flexibility index (Phi) is 6.34. The van der Waals surface area contributed by atoms with Crippen molar-refractivity contribution in [2.24, 2.45) is 5.92 Å². The predicted octanol–water partition coefficient (Wildman–Crippen LogP) is 3.09. The Morgan fingerprint density at radius 2 is 1.93 bits per heavy atom. The number of aliphatic hydroxyl groups excluding tert-OH is 1. The Hall–Kier alpha value is -2.45. The molecule has 1 amide bonds. The van der Waals surface area contributed by atoms with Gasteiger partial charge in [-0.25, -0.2) is 14.4 Å². The van der Waals surface area contributed by atoms with Crippen molar-refractivity contribution in [3.63, 3.8) is 0 Å². The molecule has 0 bridgehead atoms. The van der Waals surface area contributed by atoms with Crippen LogP contribution in [0.15, 0.2) is 30.6 Å². The predicted molar refractivity (Wildman–Crippen MR) is 114 cm³/mol. The molecule has 1 aromatic heterocycles. The molecule has 160 valence electrons. The van der Waals surface area contributed by atoms with Crippen molar-refractivity contribution >= 4 is 34.8 Å². The molecule has 0 saturated carbocycles. The number of anilines is 3. The molecule has 2 aliphatic rings. The molecule has 1 atom stereocenters. The zero-order chi connectivity index (χ0) is 21.1. The number of rotatable bonds is 5. The summed E-state index contributed by atoms with van der Waals surface area (Å²) in [5.74, 6) is 0.969. The molecule has 4 rings (SSSR count). The lowest BCUT2D eigenvalue weighted by Gasteiger charge is -2.33. The van der Waals surface area contributed by atoms with Gasteiger partial charge in [-0.3, -0.25) is 4.79 Å². The van der Waals surface area contributed by atoms with Crippen LogP contribution in [0.5, 0.6) is 0 Å². The first-order chi connectivity index (χ1) is 14.5. The summed E-state index contributed by atoms with van der Waals surface area (Å²) in [5, 5.41) is 12.4. The molecule has 2 aromatic rings. The molecule has 0 radical (unpaired) electrons. The van der Waals surface area contributed by atoms with Gasteiger partial charge in [-0.2, -0.15) is 0 Å². The monoisotopic (exact) mass is 433 g/mol. The Bertz CT molecular complexity index is 907. The quantitative estimate of drug-likeness (QED) is 0.754. The van der Waals surface area contributed by atoms with E-state index in [2.05, 4.69) is 25.1 Å². The van der Waals surface area contributed by atoms with Crippen molar-refractivity contribution in [2.45, 2.75) is 31.7 Å². The highest BCUT2D eigenvalue weighted by Gasteiger charge is 2.28. The van der Waals surface area contributed by atoms with E-state index in [1.54, 1.807) is 6.33 Å². The number of aromatic nitrogens is 2. The molecule has 2 saturated heterocycles. The third kappa shape index (κ3) is 4.49. The summed E-state index contributed by atoms with van der Waals surface area (Å²) in [6, 6.07) is 6.25. The number of nitrogens with one attached hydrogen (secondary N) is 1. The maximum absolute atomic E-state index is 13.3. The first-order valence-corrected chi connectivity index (χ1v) is 10.6. The number of benzene rings is 1. The third-order valence-electron chi connectivity index (χ3n) is 5.90. The summed E-state index contributed by atoms with van der Waals surface area (Å²) < 4.78 is 13.3. The van der Waals surface area contributed by atoms with E-state index in [1.807, 2.05) is 6.07 Å². The van der Waals surface area contributed by atoms with Gasteiger partial charge in [-0.15, -0.1) is 0 Å². The fourth-order valence-electron chi connectivity index (χ4n) is 4.18. The highest BCUT2D eigenvalue weighted by atomic mass is 35.5. The number of nitrogens with zero attached hydrogens (tertiary/aromatic N) is 4. The Morgan fingerprint density at radius 1 is 1.17 bits per heavy atom. The zero-order valence-corrected chi connectivity index (χ0v) is 17.4. The number of piperidine rings is 1. The summed E-state index contributed by atoms with van der Waals surface area (Å²) in [4.78, 5) is 25.7. The molecule has 3 heterocycles. The van der Waals surface area contributed by atoms with Gasteiger partial charge in [0.15, 0.2) is 0 Å². The summed E-state index contributed by atoms with van der Waals surface area (Å²) in [6.07, 6.45) is 4.97. The average molecular weight is 434 g/mol. The summed E-state index contributed by atoms with van der Waals surface area (Å²) in [5.41, 5.74) is 0.498. The molecule has 30 heavy (non-hydrogen) atoms. The van der Waals surface area contributed by atoms with Gasteiger partial charge in [0.1, 0.15) is 23.8 Å². The molecule has 1 unspecified atom stereocenters. The van der Waals surface area contributed by atoms with E-state index in [0.717, 1.165) is 31.0 Å². The van der Waals surface area contributed by atoms with Crippen LogP contribution < -0.4 is 15.1 Å². The third-order valence-corrected chi connectivity index (χ3v) is 6.19. The van der Waals surface area contributed by atoms with E-state index in [9.17, 15) is 14.3 Å². The molecule has 2 aliphatic heterocycles. The van der Waals surface area contributed by atoms with E-state index >= 15 is 0 Å². The van der Waals surface area contributed by atoms with E-state index in [0.29, 0.717) is 31.6 Å². The second kappa shape index (κ2) is 9.14. The molecule has 9 heteroatoms. The number of amides is 1. The number of carbonyl (C=O) groups is 1. The highest BCUT2D eigenvalue weighted by molar-refractivity contribution is 6.31. The van der Waals surface area contributed by atoms with Crippen LogP contribution in [0.2, 0.25) is 5.02 Å². The van der Waals surface area contributed by atoms with Crippen LogP contribution in [-0.4, -0.2) is 53.3 Å². The molecule has 1 aromatic carbocycles. The Morgan fingerprint density at radius 3 is 2.67 bits per heavy atom. The highest BCUT2D eigenvalue weighted by Crippen LogP contribution is 2.28. The number of halogens is 2. The van der Waals surface area contributed by atoms with Crippen LogP contribution in [0, 0.1) is 11.7 Å². The van der Waals surface area contributed by atoms with Gasteiger partial charge >= 0.3 is 0 Å². The van der Waals surface area contributed by atoms with Crippen molar-refractivity contribution in [1.82, 2.24) is 9.97 Å². The number of aliphatic hydroxyl groups is 1. The first-order valence-electron chi connectivity index (χ1n) is 10.3. The van der Waals surface area contributed by atoms with Gasteiger partial charge in [0.2, 0.25) is 5.91 Å². The van der Waals surface area contributed by atoms with Crippen LogP contribution in [-0.2, 0) is 4.79 Å². The fraction of sp³-hybridized carbons (Fsp3) is 0.476. The molecule has 7 nitrogen and oxygen atoms in total. The smallest absolute Gasteiger partial charge is 0.227 e. The van der Waals surface area contributed by atoms with Crippen LogP contribution in [0.1, 0.15) is 25.7 Å². The lowest BCUT2D eigenvalue weighted by atomic mass is 9.96. The Labute approximate surface area is 179 Å². The molecule has 2 N–H and O–H groups in total. The van der Waals surface area contributed by atoms with Crippen LogP contribution in [0.4, 0.5) is 21.7 Å². The minimum Gasteiger partial charge on any atom is -0.394 e. The summed E-state index contributed by atoms with van der Waals surface area (Å²) in [7, 11) is 0. The molecule has 2 fully saturated rings. The minimum absolute atomic E-state index is 0.0105. The Balaban J connectivity index is 1.35. The zero-order valence-electron chi connectivity index (χ0n) is 16.6. The van der Waals surface area contributed by atoms with Crippen LogP contribution in [0.3, 0.4) is 0 Å². The lowest BCUT2D eigenvalue weighted by Crippen LogP contribution is -2.39. The number of hydrogen-bond acceptors (Lipinski definition) is 6. The normalized spacial score (nSPS) is 19.9. The van der Waals surface area contributed by atoms with Gasteiger partial charge in [0.25, 0.3) is 0 Å². The van der Waals surface area contributed by atoms with Crippen LogP contribution >= 0.6 is 11.6 Å². The topological polar surface area (TPSA) is 81.6 Å². The van der Waals surface area contributed by atoms with Gasteiger partial charge in [-0.05, 0) is 43.9 Å². The standard InChI is InChI=1S/C21H25ClFN5O2/c22-17-10-15(3-4-18(17)23)26-21(30)14-5-8-27(9-6-14)19-11-20(25-13-24-19)28-7-1-2-16(28)12-29/h3-4,10-11,13-14,16,29H,1-2,5-9,12H2,(H,26,30). The average Bonchev–Trinajstić information content (AvgIpc) is 3.25. The van der Waals surface area contributed by atoms with Gasteiger partial charge in [-0.1, -0.05) is 11.6 Å². The fourth-order valence-corrected chi connectivity index (χ4v) is 4.36. The molecule has 0 spiro atoms. The van der Waals surface area contributed by atoms with Crippen molar-refractivity contribution in [3.05, 3.63) is 41.4 Å². The maximum Gasteiger partial charge on any atom is 0.227 e. The minimum atomic E-state index is -0.508. The largest absolute Gasteiger partial charge is 0.394 e. The van der Waals surface area contributed by atoms with E-state index in [-0.39, 0.29) is 29.5 Å². The van der Waals surface area contributed by atoms with Crippen molar-refractivity contribution in [3.8, 4) is 0 Å². The van der Waals surface area contributed by atoms with Crippen LogP contribution in [0.25, 0.3) is 0 Å². The number of hydrogen-bond donors (Lipinski definition) is 2. The SMILES string of the molecule is O=C(Nc1ccc(F)c(Cl)c1)C1CCN(c2cc(N3CCCC3CO)ncn2)CC1. The van der Waals surface area contributed by atoms with Gasteiger partial charge in [0, 0.05) is 37.3 Å². The molecular formula is C21H25ClFN5O2. The second-order valence-electron chi connectivity index (χ2n) is 7.79. The first kappa shape index (κ1) is 20.8. The van der Waals surface area contributed by atoms with Crippen molar-refractivity contribution in [1.29, 1.82) is 0 Å². The van der Waals surface area contributed by atoms with Gasteiger partial charge < -0.3 is 20.2 Å². The van der Waals surface area contributed by atoms with E-state index in [4.69, 9.17) is 11.6 Å². The summed E-state index contributed by atoms with van der Waals surface area (Å²) >= 11 is 5.79. The lowest BCUT2D eigenvalue weighted by molar-refractivity contribution is -0.120. The molecule has 0 aliphatic carbocycles. The van der Waals surface area contributed by atoms with E-state index < -0.39 is 5.82 Å². The van der Waals surface area contributed by atoms with E-state index in [1.165, 1.54) is 18.2 Å². The number of carbonyl (C=O) groups excluding carboxylic acids is 1. The summed E-state index contributed by atoms with van der Waals surface area (Å²) in [6.45, 7) is 2.43. The molecular weight excluding hydrogens is 409 g/mol.